The maximum atomic E-state index is 12.6. The highest BCUT2D eigenvalue weighted by molar-refractivity contribution is 5.78. The molecule has 0 bridgehead atoms. The van der Waals surface area contributed by atoms with E-state index in [1.165, 1.54) is 0 Å². The van der Waals surface area contributed by atoms with Crippen LogP contribution in [0.1, 0.15) is 25.7 Å². The van der Waals surface area contributed by atoms with E-state index >= 15 is 0 Å². The summed E-state index contributed by atoms with van der Waals surface area (Å²) in [6.07, 6.45) is 6.49. The van der Waals surface area contributed by atoms with Crippen molar-refractivity contribution in [2.24, 2.45) is 5.92 Å². The molecule has 2 fully saturated rings. The van der Waals surface area contributed by atoms with Crippen LogP contribution in [0.25, 0.3) is 0 Å². The number of carbonyl (C=O) groups excluding carboxylic acids is 1. The van der Waals surface area contributed by atoms with Crippen molar-refractivity contribution in [3.05, 3.63) is 18.5 Å². The van der Waals surface area contributed by atoms with Crippen LogP contribution in [0.5, 0.6) is 0 Å². The van der Waals surface area contributed by atoms with Crippen LogP contribution < -0.4 is 4.90 Å². The fourth-order valence-corrected chi connectivity index (χ4v) is 3.64. The smallest absolute Gasteiger partial charge is 0.225 e. The monoisotopic (exact) mass is 334 g/mol. The molecule has 1 atom stereocenters. The summed E-state index contributed by atoms with van der Waals surface area (Å²) in [7, 11) is 1.79. The first-order valence-corrected chi connectivity index (χ1v) is 8.64. The second-order valence-electron chi connectivity index (χ2n) is 6.88. The minimum Gasteiger partial charge on any atom is -0.386 e. The van der Waals surface area contributed by atoms with Gasteiger partial charge in [-0.05, 0) is 31.7 Å². The molecule has 7 nitrogen and oxygen atoms in total. The van der Waals surface area contributed by atoms with E-state index < -0.39 is 5.60 Å². The Kier molecular flexibility index (Phi) is 5.30. The topological polar surface area (TPSA) is 78.8 Å². The number of β-amino-alcohol motifs (C(OH)–C–C–N with tert-alkyl or cyclic N) is 1. The minimum atomic E-state index is -0.924. The molecule has 2 aliphatic rings. The molecular weight excluding hydrogens is 308 g/mol. The lowest BCUT2D eigenvalue weighted by atomic mass is 9.91. The number of aliphatic hydroxyl groups is 1. The number of rotatable bonds is 4. The first kappa shape index (κ1) is 17.1. The van der Waals surface area contributed by atoms with Crippen LogP contribution >= 0.6 is 0 Å². The summed E-state index contributed by atoms with van der Waals surface area (Å²) in [4.78, 5) is 24.8. The van der Waals surface area contributed by atoms with Crippen molar-refractivity contribution in [1.29, 1.82) is 0 Å². The van der Waals surface area contributed by atoms with Crippen LogP contribution in [0.2, 0.25) is 0 Å². The third kappa shape index (κ3) is 4.02. The lowest BCUT2D eigenvalue weighted by molar-refractivity contribution is -0.140. The Balaban J connectivity index is 1.61. The Bertz CT molecular complexity index is 550. The van der Waals surface area contributed by atoms with Gasteiger partial charge in [0.2, 0.25) is 11.9 Å². The van der Waals surface area contributed by atoms with Crippen molar-refractivity contribution in [3.63, 3.8) is 0 Å². The van der Waals surface area contributed by atoms with Gasteiger partial charge in [-0.1, -0.05) is 0 Å². The number of anilines is 1. The molecule has 3 heterocycles. The Morgan fingerprint density at radius 2 is 2.12 bits per heavy atom. The van der Waals surface area contributed by atoms with Gasteiger partial charge < -0.3 is 19.6 Å². The van der Waals surface area contributed by atoms with E-state index in [4.69, 9.17) is 4.74 Å². The molecule has 2 aliphatic heterocycles. The Morgan fingerprint density at radius 3 is 2.83 bits per heavy atom. The standard InChI is InChI=1S/C17H26N4O3/c1-20(15(22)14-4-10-24-11-5-14)12-17(23)6-2-9-21(13-17)16-18-7-3-8-19-16/h3,7-8,14,23H,2,4-6,9-13H2,1H3/t17-/m1/s1. The molecule has 2 saturated heterocycles. The predicted molar refractivity (Wildman–Crippen MR) is 89.6 cm³/mol. The lowest BCUT2D eigenvalue weighted by Gasteiger charge is -2.41. The lowest BCUT2D eigenvalue weighted by Crippen LogP contribution is -2.55. The maximum absolute atomic E-state index is 12.6. The van der Waals surface area contributed by atoms with E-state index in [1.807, 2.05) is 4.90 Å². The van der Waals surface area contributed by atoms with Gasteiger partial charge in [-0.2, -0.15) is 0 Å². The van der Waals surface area contributed by atoms with Gasteiger partial charge in [-0.15, -0.1) is 0 Å². The van der Waals surface area contributed by atoms with Crippen LogP contribution in [0.15, 0.2) is 18.5 Å². The zero-order valence-electron chi connectivity index (χ0n) is 14.2. The third-order valence-electron chi connectivity index (χ3n) is 4.87. The van der Waals surface area contributed by atoms with E-state index in [0.717, 1.165) is 25.8 Å². The van der Waals surface area contributed by atoms with Crippen LogP contribution in [0.4, 0.5) is 5.95 Å². The number of likely N-dealkylation sites (N-methyl/N-ethyl adjacent to an activating group) is 1. The van der Waals surface area contributed by atoms with Gasteiger partial charge in [-0.25, -0.2) is 9.97 Å². The number of nitrogens with zero attached hydrogens (tertiary/aromatic N) is 4. The third-order valence-corrected chi connectivity index (χ3v) is 4.87. The normalized spacial score (nSPS) is 25.5. The molecule has 0 radical (unpaired) electrons. The maximum Gasteiger partial charge on any atom is 0.225 e. The molecule has 1 N–H and O–H groups in total. The number of hydrogen-bond donors (Lipinski definition) is 1. The van der Waals surface area contributed by atoms with E-state index in [2.05, 4.69) is 9.97 Å². The Hall–Kier alpha value is -1.73. The number of piperidine rings is 1. The van der Waals surface area contributed by atoms with Crippen LogP contribution in [0, 0.1) is 5.92 Å². The molecule has 7 heteroatoms. The van der Waals surface area contributed by atoms with Gasteiger partial charge in [0.1, 0.15) is 0 Å². The molecule has 0 aliphatic carbocycles. The van der Waals surface area contributed by atoms with Gasteiger partial charge in [0, 0.05) is 45.1 Å². The summed E-state index contributed by atoms with van der Waals surface area (Å²) in [5.74, 6) is 0.762. The van der Waals surface area contributed by atoms with Crippen molar-refractivity contribution >= 4 is 11.9 Å². The summed E-state index contributed by atoms with van der Waals surface area (Å²) in [5, 5.41) is 11.0. The second-order valence-corrected chi connectivity index (χ2v) is 6.88. The fourth-order valence-electron chi connectivity index (χ4n) is 3.64. The number of hydrogen-bond acceptors (Lipinski definition) is 6. The van der Waals surface area contributed by atoms with Crippen LogP contribution in [-0.4, -0.2) is 71.4 Å². The van der Waals surface area contributed by atoms with Gasteiger partial charge in [0.25, 0.3) is 0 Å². The summed E-state index contributed by atoms with van der Waals surface area (Å²) in [6.45, 7) is 2.90. The van der Waals surface area contributed by atoms with Crippen LogP contribution in [-0.2, 0) is 9.53 Å². The number of ether oxygens (including phenoxy) is 1. The molecule has 1 amide bonds. The molecule has 1 aromatic heterocycles. The van der Waals surface area contributed by atoms with E-state index in [0.29, 0.717) is 38.7 Å². The van der Waals surface area contributed by atoms with Crippen molar-refractivity contribution in [2.45, 2.75) is 31.3 Å². The van der Waals surface area contributed by atoms with Gasteiger partial charge >= 0.3 is 0 Å². The fraction of sp³-hybridized carbons (Fsp3) is 0.706. The van der Waals surface area contributed by atoms with Crippen molar-refractivity contribution < 1.29 is 14.6 Å². The molecule has 132 valence electrons. The molecule has 0 unspecified atom stereocenters. The summed E-state index contributed by atoms with van der Waals surface area (Å²) in [5.41, 5.74) is -0.924. The summed E-state index contributed by atoms with van der Waals surface area (Å²) in [6, 6.07) is 1.78. The van der Waals surface area contributed by atoms with Gasteiger partial charge in [0.05, 0.1) is 18.7 Å². The Labute approximate surface area is 142 Å². The molecule has 24 heavy (non-hydrogen) atoms. The largest absolute Gasteiger partial charge is 0.386 e. The molecule has 0 saturated carbocycles. The van der Waals surface area contributed by atoms with E-state index in [-0.39, 0.29) is 11.8 Å². The number of carbonyl (C=O) groups is 1. The average molecular weight is 334 g/mol. The average Bonchev–Trinajstić information content (AvgIpc) is 2.62. The second kappa shape index (κ2) is 7.44. The number of aromatic nitrogens is 2. The highest BCUT2D eigenvalue weighted by atomic mass is 16.5. The molecule has 0 spiro atoms. The minimum absolute atomic E-state index is 0.0181. The SMILES string of the molecule is CN(C[C@]1(O)CCCN(c2ncccn2)C1)C(=O)C1CCOCC1. The first-order valence-electron chi connectivity index (χ1n) is 8.64. The van der Waals surface area contributed by atoms with E-state index in [1.54, 1.807) is 30.4 Å². The Morgan fingerprint density at radius 1 is 1.42 bits per heavy atom. The zero-order valence-corrected chi connectivity index (χ0v) is 14.2. The van der Waals surface area contributed by atoms with Gasteiger partial charge in [-0.3, -0.25) is 4.79 Å². The molecule has 0 aromatic carbocycles. The summed E-state index contributed by atoms with van der Waals surface area (Å²) < 4.78 is 5.32. The van der Waals surface area contributed by atoms with Crippen LogP contribution in [0.3, 0.4) is 0 Å². The highest BCUT2D eigenvalue weighted by Gasteiger charge is 2.37. The summed E-state index contributed by atoms with van der Waals surface area (Å²) >= 11 is 0. The number of amides is 1. The molecule has 3 rings (SSSR count). The molecular formula is C17H26N4O3. The van der Waals surface area contributed by atoms with Crippen molar-refractivity contribution in [2.75, 3.05) is 44.8 Å². The predicted octanol–water partition coefficient (Wildman–Crippen LogP) is 0.693. The van der Waals surface area contributed by atoms with Crippen molar-refractivity contribution in [3.8, 4) is 0 Å². The zero-order chi connectivity index (χ0) is 17.0. The van der Waals surface area contributed by atoms with Gasteiger partial charge in [0.15, 0.2) is 0 Å². The van der Waals surface area contributed by atoms with Crippen molar-refractivity contribution in [1.82, 2.24) is 14.9 Å². The quantitative estimate of drug-likeness (QED) is 0.873. The first-order chi connectivity index (χ1) is 11.6. The van der Waals surface area contributed by atoms with E-state index in [9.17, 15) is 9.90 Å². The highest BCUT2D eigenvalue weighted by Crippen LogP contribution is 2.26. The molecule has 1 aromatic rings.